The summed E-state index contributed by atoms with van der Waals surface area (Å²) in [6.07, 6.45) is 32.2. The molecule has 0 saturated carbocycles. The minimum absolute atomic E-state index is 1.36. The van der Waals surface area contributed by atoms with E-state index in [2.05, 4.69) is 39.5 Å². The van der Waals surface area contributed by atoms with Crippen LogP contribution >= 0.6 is 0 Å². The topological polar surface area (TPSA) is 3.24 Å². The fourth-order valence-corrected chi connectivity index (χ4v) is 21.6. The first-order valence-corrected chi connectivity index (χ1v) is 25.0. The van der Waals surface area contributed by atoms with Gasteiger partial charge in [-0.2, -0.15) is 0 Å². The summed E-state index contributed by atoms with van der Waals surface area (Å²) in [6.45, 7) is 14.6. The van der Waals surface area contributed by atoms with Crippen molar-refractivity contribution in [3.8, 4) is 0 Å². The van der Waals surface area contributed by atoms with Gasteiger partial charge >= 0.3 is 230 Å². The van der Waals surface area contributed by atoms with E-state index in [0.717, 1.165) is 0 Å². The Morgan fingerprint density at radius 1 is 0.343 bits per heavy atom. The van der Waals surface area contributed by atoms with Crippen LogP contribution in [0.4, 0.5) is 0 Å². The molecule has 2 heteroatoms. The molecule has 0 fully saturated rings. The summed E-state index contributed by atoms with van der Waals surface area (Å²) in [7, 11) is 0. The van der Waals surface area contributed by atoms with Gasteiger partial charge in [-0.05, 0) is 0 Å². The van der Waals surface area contributed by atoms with Crippen LogP contribution in [0.3, 0.4) is 0 Å². The second-order valence-corrected chi connectivity index (χ2v) is 25.8. The summed E-state index contributed by atoms with van der Waals surface area (Å²) in [6, 6.07) is 0. The van der Waals surface area contributed by atoms with E-state index in [-0.39, 0.29) is 0 Å². The Labute approximate surface area is 229 Å². The van der Waals surface area contributed by atoms with Gasteiger partial charge in [-0.3, -0.25) is 0 Å². The number of hydrogen-bond acceptors (Lipinski definition) is 1. The molecule has 0 spiro atoms. The molecule has 0 N–H and O–H groups in total. The zero-order valence-electron chi connectivity index (χ0n) is 25.7. The van der Waals surface area contributed by atoms with Crippen molar-refractivity contribution in [3.63, 3.8) is 0 Å². The molecule has 0 aliphatic rings. The number of hydrogen-bond donors (Lipinski definition) is 0. The van der Waals surface area contributed by atoms with E-state index in [1.807, 2.05) is 0 Å². The molecule has 35 heavy (non-hydrogen) atoms. The summed E-state index contributed by atoms with van der Waals surface area (Å²) in [5.41, 5.74) is 0. The third-order valence-corrected chi connectivity index (χ3v) is 23.7. The predicted octanol–water partition coefficient (Wildman–Crippen LogP) is 12.0. The zero-order valence-corrected chi connectivity index (χ0v) is 28.6. The maximum atomic E-state index is 3.01. The van der Waals surface area contributed by atoms with Crippen LogP contribution in [0, 0.1) is 0 Å². The number of nitrogens with zero attached hydrogens (tertiary/aromatic N) is 1. The van der Waals surface area contributed by atoms with Crippen molar-refractivity contribution in [1.29, 1.82) is 0 Å². The molecule has 0 atom stereocenters. The third kappa shape index (κ3) is 22.5. The molecule has 0 aromatic rings. The molecule has 0 aromatic carbocycles. The van der Waals surface area contributed by atoms with Gasteiger partial charge in [0.2, 0.25) is 0 Å². The average Bonchev–Trinajstić information content (AvgIpc) is 2.87. The molecule has 0 aliphatic carbocycles. The second-order valence-electron chi connectivity index (χ2n) is 12.0. The first-order valence-electron chi connectivity index (χ1n) is 16.9. The SMILES string of the molecule is CCCCCCC[CH2][Sn]([CH2]CCCCCCC)([CH2]CCCCCCC)[CH2]N(CCCC)CCCC. The normalized spacial score (nSPS) is 12.2. The van der Waals surface area contributed by atoms with Gasteiger partial charge in [-0.1, -0.05) is 0 Å². The maximum absolute atomic E-state index is 3.01. The molecular formula is C33H71NSn. The Balaban J connectivity index is 5.22. The van der Waals surface area contributed by atoms with E-state index in [4.69, 9.17) is 0 Å². The van der Waals surface area contributed by atoms with Crippen LogP contribution < -0.4 is 0 Å². The average molecular weight is 601 g/mol. The van der Waals surface area contributed by atoms with Crippen LogP contribution in [-0.2, 0) is 0 Å². The van der Waals surface area contributed by atoms with Crippen LogP contribution in [0.2, 0.25) is 13.3 Å². The van der Waals surface area contributed by atoms with Crippen LogP contribution in [0.15, 0.2) is 0 Å². The van der Waals surface area contributed by atoms with Crippen molar-refractivity contribution in [2.45, 2.75) is 189 Å². The van der Waals surface area contributed by atoms with Crippen molar-refractivity contribution in [3.05, 3.63) is 0 Å². The quantitative estimate of drug-likeness (QED) is 0.0610. The fraction of sp³-hybridized carbons (Fsp3) is 1.00. The molecule has 1 nitrogen and oxygen atoms in total. The van der Waals surface area contributed by atoms with E-state index in [1.54, 1.807) is 37.1 Å². The molecule has 0 bridgehead atoms. The van der Waals surface area contributed by atoms with Crippen molar-refractivity contribution >= 4 is 18.4 Å². The molecule has 0 aromatic heterocycles. The first kappa shape index (κ1) is 35.8. The van der Waals surface area contributed by atoms with Gasteiger partial charge in [0.05, 0.1) is 0 Å². The number of rotatable bonds is 29. The molecular weight excluding hydrogens is 529 g/mol. The monoisotopic (exact) mass is 601 g/mol. The van der Waals surface area contributed by atoms with Crippen LogP contribution in [0.1, 0.15) is 176 Å². The molecule has 0 unspecified atom stereocenters. The van der Waals surface area contributed by atoms with Gasteiger partial charge in [0, 0.05) is 0 Å². The Kier molecular flexibility index (Phi) is 28.4. The molecule has 0 heterocycles. The van der Waals surface area contributed by atoms with E-state index < -0.39 is 18.4 Å². The Bertz CT molecular complexity index is 348. The fourth-order valence-electron chi connectivity index (χ4n) is 5.96. The van der Waals surface area contributed by atoms with E-state index in [1.165, 1.54) is 135 Å². The molecule has 0 radical (unpaired) electrons. The van der Waals surface area contributed by atoms with E-state index >= 15 is 0 Å². The Morgan fingerprint density at radius 3 is 0.943 bits per heavy atom. The molecule has 212 valence electrons. The second kappa shape index (κ2) is 27.8. The molecule has 0 aliphatic heterocycles. The van der Waals surface area contributed by atoms with Crippen molar-refractivity contribution in [1.82, 2.24) is 4.90 Å². The van der Waals surface area contributed by atoms with Crippen LogP contribution in [0.5, 0.6) is 0 Å². The molecule has 0 rings (SSSR count). The number of unbranched alkanes of at least 4 members (excludes halogenated alkanes) is 17. The Morgan fingerprint density at radius 2 is 0.629 bits per heavy atom. The summed E-state index contributed by atoms with van der Waals surface area (Å²) in [5, 5.41) is 0. The van der Waals surface area contributed by atoms with Gasteiger partial charge in [0.1, 0.15) is 0 Å². The molecule has 0 amide bonds. The third-order valence-electron chi connectivity index (χ3n) is 8.40. The van der Waals surface area contributed by atoms with Gasteiger partial charge < -0.3 is 0 Å². The summed E-state index contributed by atoms with van der Waals surface area (Å²) in [4.78, 5) is 3.01. The molecule has 0 saturated heterocycles. The minimum atomic E-state index is -2.17. The summed E-state index contributed by atoms with van der Waals surface area (Å²) >= 11 is -2.17. The standard InChI is InChI=1S/C9H20N.3C8H17.Sn/c1-4-6-8-10(3)9-7-5-2;3*1-3-5-7-8-6-4-2;/h3-9H2,1-2H3;3*1,3-8H2,2H3;. The van der Waals surface area contributed by atoms with Crippen molar-refractivity contribution in [2.75, 3.05) is 17.7 Å². The van der Waals surface area contributed by atoms with Gasteiger partial charge in [0.25, 0.3) is 0 Å². The van der Waals surface area contributed by atoms with Gasteiger partial charge in [0.15, 0.2) is 0 Å². The Hall–Kier alpha value is 0.759. The van der Waals surface area contributed by atoms with E-state index in [9.17, 15) is 0 Å². The van der Waals surface area contributed by atoms with Crippen molar-refractivity contribution < 1.29 is 0 Å². The zero-order chi connectivity index (χ0) is 25.9. The summed E-state index contributed by atoms with van der Waals surface area (Å²) < 4.78 is 6.73. The van der Waals surface area contributed by atoms with Crippen LogP contribution in [0.25, 0.3) is 0 Å². The van der Waals surface area contributed by atoms with Gasteiger partial charge in [-0.25, -0.2) is 0 Å². The first-order chi connectivity index (χ1) is 17.2. The summed E-state index contributed by atoms with van der Waals surface area (Å²) in [5.74, 6) is 0. The van der Waals surface area contributed by atoms with Crippen molar-refractivity contribution in [2.24, 2.45) is 0 Å². The van der Waals surface area contributed by atoms with E-state index in [0.29, 0.717) is 0 Å². The van der Waals surface area contributed by atoms with Crippen LogP contribution in [-0.4, -0.2) is 40.9 Å². The van der Waals surface area contributed by atoms with Gasteiger partial charge in [-0.15, -0.1) is 0 Å². The predicted molar refractivity (Wildman–Crippen MR) is 167 cm³/mol.